The summed E-state index contributed by atoms with van der Waals surface area (Å²) < 4.78 is 16.0. The number of aliphatic hydroxyl groups excluding tert-OH is 2. The molecule has 1 aromatic carbocycles. The third-order valence-corrected chi connectivity index (χ3v) is 4.20. The zero-order chi connectivity index (χ0) is 19.1. The predicted molar refractivity (Wildman–Crippen MR) is 104 cm³/mol. The third-order valence-electron chi connectivity index (χ3n) is 3.53. The number of anilines is 2. The number of carbonyl (C=O) groups excluding carboxylic acids is 1. The van der Waals surface area contributed by atoms with Crippen LogP contribution in [0.4, 0.5) is 15.8 Å². The van der Waals surface area contributed by atoms with Crippen molar-refractivity contribution in [2.24, 2.45) is 0 Å². The van der Waals surface area contributed by atoms with Gasteiger partial charge in [-0.2, -0.15) is 0 Å². The molecule has 0 aliphatic rings. The van der Waals surface area contributed by atoms with E-state index in [4.69, 9.17) is 10.2 Å². The Labute approximate surface area is 163 Å². The molecule has 7 nitrogen and oxygen atoms in total. The summed E-state index contributed by atoms with van der Waals surface area (Å²) in [4.78, 5) is 24.6. The molecular weight excluding hydrogens is 456 g/mol. The normalized spacial score (nSPS) is 10.6. The number of carbonyl (C=O) groups is 1. The van der Waals surface area contributed by atoms with Crippen LogP contribution in [0.2, 0.25) is 0 Å². The molecule has 26 heavy (non-hydrogen) atoms. The summed E-state index contributed by atoms with van der Waals surface area (Å²) in [5.74, 6) is -0.985. The van der Waals surface area contributed by atoms with Crippen LogP contribution in [0.1, 0.15) is 16.8 Å². The van der Waals surface area contributed by atoms with Gasteiger partial charge in [-0.15, -0.1) is 0 Å². The molecule has 0 fully saturated rings. The van der Waals surface area contributed by atoms with Crippen molar-refractivity contribution in [3.05, 3.63) is 55.8 Å². The fourth-order valence-corrected chi connectivity index (χ4v) is 2.71. The predicted octanol–water partition coefficient (Wildman–Crippen LogP) is 1.44. The Bertz CT molecular complexity index is 841. The molecule has 2 aromatic rings. The minimum absolute atomic E-state index is 0.0356. The van der Waals surface area contributed by atoms with E-state index in [0.29, 0.717) is 9.99 Å². The summed E-state index contributed by atoms with van der Waals surface area (Å²) in [6.07, 6.45) is 1.70. The van der Waals surface area contributed by atoms with E-state index in [1.54, 1.807) is 6.07 Å². The Kier molecular flexibility index (Phi) is 7.54. The molecule has 4 N–H and O–H groups in total. The van der Waals surface area contributed by atoms with Crippen LogP contribution >= 0.6 is 22.6 Å². The maximum atomic E-state index is 14.1. The van der Waals surface area contributed by atoms with Crippen molar-refractivity contribution in [3.8, 4) is 0 Å². The van der Waals surface area contributed by atoms with Gasteiger partial charge in [0.25, 0.3) is 11.5 Å². The molecule has 140 valence electrons. The van der Waals surface area contributed by atoms with E-state index in [1.165, 1.54) is 29.0 Å². The number of nitrogens with zero attached hydrogens (tertiary/aromatic N) is 1. The van der Waals surface area contributed by atoms with Gasteiger partial charge in [0.05, 0.1) is 23.5 Å². The first-order valence-electron chi connectivity index (χ1n) is 7.92. The van der Waals surface area contributed by atoms with Gasteiger partial charge in [-0.25, -0.2) is 4.39 Å². The van der Waals surface area contributed by atoms with Crippen molar-refractivity contribution >= 4 is 39.9 Å². The lowest BCUT2D eigenvalue weighted by atomic mass is 10.2. The Morgan fingerprint density at radius 1 is 1.19 bits per heavy atom. The molecule has 0 spiro atoms. The average Bonchev–Trinajstić information content (AvgIpc) is 2.59. The first kappa shape index (κ1) is 20.3. The van der Waals surface area contributed by atoms with E-state index in [9.17, 15) is 14.0 Å². The molecular formula is C17H19FIN3O4. The first-order valence-corrected chi connectivity index (χ1v) is 9.00. The van der Waals surface area contributed by atoms with Gasteiger partial charge in [0.2, 0.25) is 0 Å². The third kappa shape index (κ3) is 5.26. The molecule has 0 saturated carbocycles. The zero-order valence-corrected chi connectivity index (χ0v) is 16.0. The Balaban J connectivity index is 2.40. The number of halogens is 2. The zero-order valence-electron chi connectivity index (χ0n) is 13.8. The SMILES string of the molecule is O=C(NCCCO)c1cn(CCO)c(=O)cc1Nc1ccc(I)cc1F. The Hall–Kier alpha value is -1.98. The van der Waals surface area contributed by atoms with E-state index >= 15 is 0 Å². The number of benzene rings is 1. The van der Waals surface area contributed by atoms with Crippen molar-refractivity contribution in [1.29, 1.82) is 0 Å². The molecule has 0 radical (unpaired) electrons. The second-order valence-corrected chi connectivity index (χ2v) is 6.68. The van der Waals surface area contributed by atoms with Gasteiger partial charge in [0.1, 0.15) is 5.82 Å². The summed E-state index contributed by atoms with van der Waals surface area (Å²) in [6, 6.07) is 5.73. The molecule has 1 amide bonds. The molecule has 0 aliphatic carbocycles. The number of aliphatic hydroxyl groups is 2. The van der Waals surface area contributed by atoms with Crippen molar-refractivity contribution < 1.29 is 19.4 Å². The van der Waals surface area contributed by atoms with E-state index < -0.39 is 17.3 Å². The Morgan fingerprint density at radius 2 is 1.96 bits per heavy atom. The van der Waals surface area contributed by atoms with Crippen LogP contribution in [0, 0.1) is 9.39 Å². The van der Waals surface area contributed by atoms with Crippen LogP contribution in [0.25, 0.3) is 0 Å². The molecule has 0 aliphatic heterocycles. The lowest BCUT2D eigenvalue weighted by molar-refractivity contribution is 0.0951. The number of hydrogen-bond donors (Lipinski definition) is 4. The van der Waals surface area contributed by atoms with Crippen LogP contribution in [0.15, 0.2) is 35.3 Å². The maximum absolute atomic E-state index is 14.1. The molecule has 0 bridgehead atoms. The second-order valence-electron chi connectivity index (χ2n) is 5.44. The quantitative estimate of drug-likeness (QED) is 0.342. The average molecular weight is 475 g/mol. The highest BCUT2D eigenvalue weighted by molar-refractivity contribution is 14.1. The second kappa shape index (κ2) is 9.64. The van der Waals surface area contributed by atoms with E-state index in [0.717, 1.165) is 0 Å². The highest BCUT2D eigenvalue weighted by atomic mass is 127. The molecule has 0 unspecified atom stereocenters. The lowest BCUT2D eigenvalue weighted by Gasteiger charge is -2.15. The molecule has 2 rings (SSSR count). The maximum Gasteiger partial charge on any atom is 0.254 e. The van der Waals surface area contributed by atoms with Crippen LogP contribution in [-0.2, 0) is 6.54 Å². The van der Waals surface area contributed by atoms with Crippen LogP contribution in [0.5, 0.6) is 0 Å². The van der Waals surface area contributed by atoms with Crippen molar-refractivity contribution in [2.75, 3.05) is 25.1 Å². The molecule has 0 saturated heterocycles. The highest BCUT2D eigenvalue weighted by Gasteiger charge is 2.16. The number of nitrogens with one attached hydrogen (secondary N) is 2. The number of hydrogen-bond acceptors (Lipinski definition) is 5. The van der Waals surface area contributed by atoms with Crippen LogP contribution in [-0.4, -0.2) is 40.4 Å². The number of rotatable bonds is 8. The summed E-state index contributed by atoms with van der Waals surface area (Å²) in [5.41, 5.74) is -0.00625. The largest absolute Gasteiger partial charge is 0.396 e. The highest BCUT2D eigenvalue weighted by Crippen LogP contribution is 2.23. The molecule has 1 aromatic heterocycles. The van der Waals surface area contributed by atoms with Crippen molar-refractivity contribution in [3.63, 3.8) is 0 Å². The fraction of sp³-hybridized carbons (Fsp3) is 0.294. The number of amides is 1. The molecule has 1 heterocycles. The fourth-order valence-electron chi connectivity index (χ4n) is 2.25. The van der Waals surface area contributed by atoms with Gasteiger partial charge in [-0.05, 0) is 47.2 Å². The topological polar surface area (TPSA) is 104 Å². The Morgan fingerprint density at radius 3 is 2.62 bits per heavy atom. The molecule has 9 heteroatoms. The van der Waals surface area contributed by atoms with E-state index in [-0.39, 0.29) is 43.2 Å². The smallest absolute Gasteiger partial charge is 0.254 e. The number of aromatic nitrogens is 1. The van der Waals surface area contributed by atoms with Gasteiger partial charge >= 0.3 is 0 Å². The lowest BCUT2D eigenvalue weighted by Crippen LogP contribution is -2.29. The first-order chi connectivity index (χ1) is 12.5. The van der Waals surface area contributed by atoms with Crippen molar-refractivity contribution in [1.82, 2.24) is 9.88 Å². The standard InChI is InChI=1S/C17H19FIN3O4/c18-13-8-11(19)2-3-14(13)21-15-9-16(25)22(5-7-24)10-12(15)17(26)20-4-1-6-23/h2-3,8-10,21,23-24H,1,4-7H2,(H,20,26). The summed E-state index contributed by atoms with van der Waals surface area (Å²) >= 11 is 1.98. The van der Waals surface area contributed by atoms with Gasteiger partial charge in [-0.1, -0.05) is 0 Å². The monoisotopic (exact) mass is 475 g/mol. The van der Waals surface area contributed by atoms with Gasteiger partial charge in [-0.3, -0.25) is 9.59 Å². The van der Waals surface area contributed by atoms with Gasteiger partial charge < -0.3 is 25.4 Å². The number of pyridine rings is 1. The van der Waals surface area contributed by atoms with Crippen LogP contribution < -0.4 is 16.2 Å². The minimum Gasteiger partial charge on any atom is -0.396 e. The van der Waals surface area contributed by atoms with Gasteiger partial charge in [0.15, 0.2) is 0 Å². The molecule has 0 atom stereocenters. The summed E-state index contributed by atoms with van der Waals surface area (Å²) in [6.45, 7) is -0.0347. The van der Waals surface area contributed by atoms with Gasteiger partial charge in [0, 0.05) is 35.5 Å². The van der Waals surface area contributed by atoms with Crippen molar-refractivity contribution in [2.45, 2.75) is 13.0 Å². The summed E-state index contributed by atoms with van der Waals surface area (Å²) in [5, 5.41) is 23.3. The van der Waals surface area contributed by atoms with E-state index in [2.05, 4.69) is 10.6 Å². The minimum atomic E-state index is -0.511. The van der Waals surface area contributed by atoms with E-state index in [1.807, 2.05) is 22.6 Å². The van der Waals surface area contributed by atoms with Crippen LogP contribution in [0.3, 0.4) is 0 Å². The summed E-state index contributed by atoms with van der Waals surface area (Å²) in [7, 11) is 0.